The van der Waals surface area contributed by atoms with Gasteiger partial charge in [0.25, 0.3) is 0 Å². The lowest BCUT2D eigenvalue weighted by atomic mass is 9.96. The Kier molecular flexibility index (Phi) is 3.74. The van der Waals surface area contributed by atoms with E-state index >= 15 is 0 Å². The zero-order chi connectivity index (χ0) is 14.8. The average Bonchev–Trinajstić information content (AvgIpc) is 2.47. The van der Waals surface area contributed by atoms with Crippen LogP contribution >= 0.6 is 0 Å². The Labute approximate surface area is 124 Å². The van der Waals surface area contributed by atoms with Gasteiger partial charge in [-0.2, -0.15) is 0 Å². The summed E-state index contributed by atoms with van der Waals surface area (Å²) in [6, 6.07) is 14.5. The Bertz CT molecular complexity index is 668. The molecule has 1 heterocycles. The number of nitrogens with zero attached hydrogens (tertiary/aromatic N) is 1. The van der Waals surface area contributed by atoms with Crippen LogP contribution < -0.4 is 4.90 Å². The van der Waals surface area contributed by atoms with Gasteiger partial charge in [0, 0.05) is 11.7 Å². The van der Waals surface area contributed by atoms with E-state index in [0.717, 1.165) is 24.1 Å². The third kappa shape index (κ3) is 2.82. The van der Waals surface area contributed by atoms with E-state index in [1.807, 2.05) is 23.1 Å². The lowest BCUT2D eigenvalue weighted by Gasteiger charge is -2.35. The molecule has 0 bridgehead atoms. The second-order valence-electron chi connectivity index (χ2n) is 5.59. The van der Waals surface area contributed by atoms with Crippen molar-refractivity contribution in [1.82, 2.24) is 0 Å². The summed E-state index contributed by atoms with van der Waals surface area (Å²) < 4.78 is 13.3. The highest BCUT2D eigenvalue weighted by Gasteiger charge is 2.27. The molecular weight excluding hydrogens is 265 g/mol. The minimum Gasteiger partial charge on any atom is -0.309 e. The summed E-state index contributed by atoms with van der Waals surface area (Å²) in [5.41, 5.74) is 2.93. The van der Waals surface area contributed by atoms with Crippen molar-refractivity contribution in [3.8, 4) is 0 Å². The molecule has 0 fully saturated rings. The second kappa shape index (κ2) is 5.68. The van der Waals surface area contributed by atoms with Gasteiger partial charge in [-0.05, 0) is 49.1 Å². The fourth-order valence-corrected chi connectivity index (χ4v) is 2.98. The van der Waals surface area contributed by atoms with Gasteiger partial charge in [-0.3, -0.25) is 4.79 Å². The minimum absolute atomic E-state index is 0.0280. The van der Waals surface area contributed by atoms with Gasteiger partial charge in [-0.25, -0.2) is 4.39 Å². The van der Waals surface area contributed by atoms with Crippen molar-refractivity contribution in [2.45, 2.75) is 32.2 Å². The fraction of sp³-hybridized carbons (Fsp3) is 0.278. The number of carbonyl (C=O) groups excluding carboxylic acids is 1. The Morgan fingerprint density at radius 1 is 1.24 bits per heavy atom. The van der Waals surface area contributed by atoms with Crippen LogP contribution in [0.15, 0.2) is 48.5 Å². The number of fused-ring (bicyclic) bond motifs is 1. The van der Waals surface area contributed by atoms with Crippen LogP contribution in [0.25, 0.3) is 0 Å². The molecule has 21 heavy (non-hydrogen) atoms. The van der Waals surface area contributed by atoms with Crippen molar-refractivity contribution in [2.24, 2.45) is 0 Å². The van der Waals surface area contributed by atoms with Crippen LogP contribution in [0, 0.1) is 5.82 Å². The quantitative estimate of drug-likeness (QED) is 0.822. The summed E-state index contributed by atoms with van der Waals surface area (Å²) in [4.78, 5) is 14.5. The largest absolute Gasteiger partial charge is 0.309 e. The molecule has 0 aliphatic carbocycles. The second-order valence-corrected chi connectivity index (χ2v) is 5.59. The molecule has 0 saturated heterocycles. The molecule has 0 aromatic heterocycles. The van der Waals surface area contributed by atoms with Crippen molar-refractivity contribution in [2.75, 3.05) is 4.90 Å². The van der Waals surface area contributed by atoms with Crippen molar-refractivity contribution in [1.29, 1.82) is 0 Å². The predicted octanol–water partition coefficient (Wildman–Crippen LogP) is 3.74. The fourth-order valence-electron chi connectivity index (χ4n) is 2.98. The van der Waals surface area contributed by atoms with Crippen molar-refractivity contribution >= 4 is 11.6 Å². The number of hydrogen-bond donors (Lipinski definition) is 0. The van der Waals surface area contributed by atoms with Crippen LogP contribution in [-0.2, 0) is 17.6 Å². The third-order valence-electron chi connectivity index (χ3n) is 4.04. The highest BCUT2D eigenvalue weighted by molar-refractivity contribution is 5.96. The van der Waals surface area contributed by atoms with Crippen LogP contribution in [0.1, 0.15) is 24.5 Å². The molecule has 0 spiro atoms. The maximum absolute atomic E-state index is 13.3. The zero-order valence-electron chi connectivity index (χ0n) is 12.1. The van der Waals surface area contributed by atoms with Gasteiger partial charge < -0.3 is 4.90 Å². The summed E-state index contributed by atoms with van der Waals surface area (Å²) >= 11 is 0. The minimum atomic E-state index is -0.299. The molecule has 1 aliphatic heterocycles. The molecular formula is C18H18FNO. The molecule has 3 rings (SSSR count). The SMILES string of the molecule is CC1CCc2ccccc2N1C(=O)Cc1cccc(F)c1. The predicted molar refractivity (Wildman–Crippen MR) is 81.8 cm³/mol. The van der Waals surface area contributed by atoms with Crippen LogP contribution in [0.4, 0.5) is 10.1 Å². The van der Waals surface area contributed by atoms with Crippen molar-refractivity contribution < 1.29 is 9.18 Å². The first kappa shape index (κ1) is 13.8. The number of para-hydroxylation sites is 1. The van der Waals surface area contributed by atoms with Gasteiger partial charge in [0.15, 0.2) is 0 Å². The van der Waals surface area contributed by atoms with E-state index in [1.54, 1.807) is 12.1 Å². The molecule has 1 aliphatic rings. The molecule has 2 aromatic carbocycles. The van der Waals surface area contributed by atoms with E-state index in [1.165, 1.54) is 17.7 Å². The van der Waals surface area contributed by atoms with Crippen LogP contribution in [0.5, 0.6) is 0 Å². The van der Waals surface area contributed by atoms with Gasteiger partial charge in [0.2, 0.25) is 5.91 Å². The summed E-state index contributed by atoms with van der Waals surface area (Å²) in [7, 11) is 0. The molecule has 0 radical (unpaired) electrons. The Morgan fingerprint density at radius 2 is 2.05 bits per heavy atom. The molecule has 2 aromatic rings. The number of anilines is 1. The van der Waals surface area contributed by atoms with Crippen molar-refractivity contribution in [3.05, 3.63) is 65.5 Å². The van der Waals surface area contributed by atoms with E-state index in [0.29, 0.717) is 0 Å². The van der Waals surface area contributed by atoms with E-state index in [2.05, 4.69) is 13.0 Å². The Balaban J connectivity index is 1.87. The maximum atomic E-state index is 13.3. The first-order valence-electron chi connectivity index (χ1n) is 7.29. The number of rotatable bonds is 2. The first-order chi connectivity index (χ1) is 10.1. The van der Waals surface area contributed by atoms with Gasteiger partial charge in [0.1, 0.15) is 5.82 Å². The molecule has 0 N–H and O–H groups in total. The monoisotopic (exact) mass is 283 g/mol. The molecule has 1 unspecified atom stereocenters. The van der Waals surface area contributed by atoms with Gasteiger partial charge in [-0.1, -0.05) is 30.3 Å². The molecule has 0 saturated carbocycles. The number of aryl methyl sites for hydroxylation is 1. The topological polar surface area (TPSA) is 20.3 Å². The van der Waals surface area contributed by atoms with Crippen molar-refractivity contribution in [3.63, 3.8) is 0 Å². The van der Waals surface area contributed by atoms with E-state index in [-0.39, 0.29) is 24.2 Å². The molecule has 2 nitrogen and oxygen atoms in total. The average molecular weight is 283 g/mol. The van der Waals surface area contributed by atoms with E-state index in [9.17, 15) is 9.18 Å². The molecule has 1 amide bonds. The third-order valence-corrected chi connectivity index (χ3v) is 4.04. The smallest absolute Gasteiger partial charge is 0.231 e. The van der Waals surface area contributed by atoms with Crippen LogP contribution in [-0.4, -0.2) is 11.9 Å². The summed E-state index contributed by atoms with van der Waals surface area (Å²) in [5, 5.41) is 0. The maximum Gasteiger partial charge on any atom is 0.231 e. The number of benzene rings is 2. The summed E-state index contributed by atoms with van der Waals surface area (Å²) in [5.74, 6) is -0.271. The van der Waals surface area contributed by atoms with E-state index in [4.69, 9.17) is 0 Å². The Hall–Kier alpha value is -2.16. The lowest BCUT2D eigenvalue weighted by molar-refractivity contribution is -0.118. The number of amides is 1. The number of halogens is 1. The Morgan fingerprint density at radius 3 is 2.86 bits per heavy atom. The van der Waals surface area contributed by atoms with Gasteiger partial charge in [0.05, 0.1) is 6.42 Å². The molecule has 1 atom stereocenters. The summed E-state index contributed by atoms with van der Waals surface area (Å²) in [6.45, 7) is 2.07. The van der Waals surface area contributed by atoms with E-state index < -0.39 is 0 Å². The first-order valence-corrected chi connectivity index (χ1v) is 7.29. The standard InChI is InChI=1S/C18H18FNO/c1-13-9-10-15-6-2-3-8-17(15)20(13)18(21)12-14-5-4-7-16(19)11-14/h2-8,11,13H,9-10,12H2,1H3. The van der Waals surface area contributed by atoms with Crippen LogP contribution in [0.2, 0.25) is 0 Å². The van der Waals surface area contributed by atoms with Gasteiger partial charge >= 0.3 is 0 Å². The normalized spacial score (nSPS) is 17.4. The van der Waals surface area contributed by atoms with Crippen LogP contribution in [0.3, 0.4) is 0 Å². The lowest BCUT2D eigenvalue weighted by Crippen LogP contribution is -2.42. The molecule has 3 heteroatoms. The van der Waals surface area contributed by atoms with Gasteiger partial charge in [-0.15, -0.1) is 0 Å². The molecule has 108 valence electrons. The zero-order valence-corrected chi connectivity index (χ0v) is 12.1. The number of hydrogen-bond acceptors (Lipinski definition) is 1. The highest BCUT2D eigenvalue weighted by Crippen LogP contribution is 2.30. The summed E-state index contributed by atoms with van der Waals surface area (Å²) in [6.07, 6.45) is 2.20. The highest BCUT2D eigenvalue weighted by atomic mass is 19.1. The number of carbonyl (C=O) groups is 1.